The molecule has 2 aliphatic rings. The van der Waals surface area contributed by atoms with Gasteiger partial charge in [-0.1, -0.05) is 41.2 Å². The third kappa shape index (κ3) is 2.72. The fourth-order valence-electron chi connectivity index (χ4n) is 3.44. The Hall–Kier alpha value is -0.640. The van der Waals surface area contributed by atoms with Crippen LogP contribution in [0.25, 0.3) is 0 Å². The first-order chi connectivity index (χ1) is 9.54. The molecule has 6 heteroatoms. The average molecular weight is 334 g/mol. The number of nitrogens with one attached hydrogen (secondary N) is 2. The van der Waals surface area contributed by atoms with Gasteiger partial charge in [0.15, 0.2) is 0 Å². The minimum atomic E-state index is 0.0271. The fraction of sp³-hybridized carbons (Fsp3) is 0.500. The van der Waals surface area contributed by atoms with E-state index in [1.807, 2.05) is 0 Å². The molecule has 0 radical (unpaired) electrons. The number of halogens is 3. The van der Waals surface area contributed by atoms with Crippen molar-refractivity contribution in [1.82, 2.24) is 5.43 Å². The summed E-state index contributed by atoms with van der Waals surface area (Å²) >= 11 is 18.0. The van der Waals surface area contributed by atoms with Gasteiger partial charge in [-0.25, -0.2) is 0 Å². The zero-order chi connectivity index (χ0) is 14.3. The normalized spacial score (nSPS) is 27.6. The van der Waals surface area contributed by atoms with E-state index < -0.39 is 0 Å². The van der Waals surface area contributed by atoms with Crippen molar-refractivity contribution < 1.29 is 4.79 Å². The highest BCUT2D eigenvalue weighted by molar-refractivity contribution is 6.41. The third-order valence-corrected chi connectivity index (χ3v) is 5.21. The molecule has 2 N–H and O–H groups in total. The van der Waals surface area contributed by atoms with Crippen molar-refractivity contribution in [1.29, 1.82) is 0 Å². The van der Waals surface area contributed by atoms with E-state index in [2.05, 4.69) is 10.9 Å². The second-order valence-corrected chi connectivity index (χ2v) is 6.89. The molecule has 2 aliphatic carbocycles. The topological polar surface area (TPSA) is 41.1 Å². The van der Waals surface area contributed by atoms with Crippen molar-refractivity contribution in [2.24, 2.45) is 17.8 Å². The lowest BCUT2D eigenvalue weighted by atomic mass is 9.88. The number of fused-ring (bicyclic) bond motifs is 2. The number of rotatable bonds is 3. The van der Waals surface area contributed by atoms with Crippen LogP contribution in [0, 0.1) is 17.8 Å². The van der Waals surface area contributed by atoms with E-state index in [-0.39, 0.29) is 11.8 Å². The van der Waals surface area contributed by atoms with E-state index in [4.69, 9.17) is 34.8 Å². The Bertz CT molecular complexity index is 526. The number of hydrazine groups is 1. The zero-order valence-corrected chi connectivity index (χ0v) is 13.0. The van der Waals surface area contributed by atoms with E-state index in [1.54, 1.807) is 12.1 Å². The fourth-order valence-corrected chi connectivity index (χ4v) is 4.36. The summed E-state index contributed by atoms with van der Waals surface area (Å²) in [6.07, 6.45) is 4.64. The number of amides is 1. The van der Waals surface area contributed by atoms with Crippen molar-refractivity contribution >= 4 is 46.4 Å². The van der Waals surface area contributed by atoms with Crippen LogP contribution in [0.2, 0.25) is 15.1 Å². The summed E-state index contributed by atoms with van der Waals surface area (Å²) in [5.74, 6) is 1.42. The van der Waals surface area contributed by atoms with Gasteiger partial charge in [-0.2, -0.15) is 0 Å². The molecule has 0 aliphatic heterocycles. The van der Waals surface area contributed by atoms with Gasteiger partial charge in [-0.3, -0.25) is 15.6 Å². The molecule has 0 spiro atoms. The Balaban J connectivity index is 1.64. The average Bonchev–Trinajstić information content (AvgIpc) is 2.99. The second-order valence-electron chi connectivity index (χ2n) is 5.64. The van der Waals surface area contributed by atoms with Crippen molar-refractivity contribution in [2.75, 3.05) is 5.43 Å². The summed E-state index contributed by atoms with van der Waals surface area (Å²) in [4.78, 5) is 12.2. The Morgan fingerprint density at radius 3 is 2.35 bits per heavy atom. The van der Waals surface area contributed by atoms with Gasteiger partial charge in [-0.15, -0.1) is 0 Å². The maximum absolute atomic E-state index is 12.2. The highest BCUT2D eigenvalue weighted by Crippen LogP contribution is 2.48. The van der Waals surface area contributed by atoms with Crippen molar-refractivity contribution in [3.05, 3.63) is 27.2 Å². The van der Waals surface area contributed by atoms with Gasteiger partial charge < -0.3 is 0 Å². The van der Waals surface area contributed by atoms with Crippen molar-refractivity contribution in [2.45, 2.75) is 25.7 Å². The molecule has 0 saturated heterocycles. The van der Waals surface area contributed by atoms with E-state index in [9.17, 15) is 4.79 Å². The SMILES string of the molecule is O=C(NNc1c(Cl)cc(Cl)cc1Cl)C1CC2CCC1C2. The smallest absolute Gasteiger partial charge is 0.241 e. The summed E-state index contributed by atoms with van der Waals surface area (Å²) in [5.41, 5.74) is 6.03. The molecule has 3 rings (SSSR count). The first kappa shape index (κ1) is 14.3. The Morgan fingerprint density at radius 2 is 1.80 bits per heavy atom. The largest absolute Gasteiger partial charge is 0.296 e. The van der Waals surface area contributed by atoms with E-state index in [0.29, 0.717) is 26.7 Å². The summed E-state index contributed by atoms with van der Waals surface area (Å²) < 4.78 is 0. The summed E-state index contributed by atoms with van der Waals surface area (Å²) in [6.45, 7) is 0. The molecule has 2 fully saturated rings. The lowest BCUT2D eigenvalue weighted by Crippen LogP contribution is -2.37. The minimum absolute atomic E-state index is 0.0271. The monoisotopic (exact) mass is 332 g/mol. The summed E-state index contributed by atoms with van der Waals surface area (Å²) in [6, 6.07) is 3.17. The van der Waals surface area contributed by atoms with Gasteiger partial charge in [-0.05, 0) is 43.2 Å². The van der Waals surface area contributed by atoms with Crippen LogP contribution >= 0.6 is 34.8 Å². The van der Waals surface area contributed by atoms with Gasteiger partial charge in [0.25, 0.3) is 0 Å². The van der Waals surface area contributed by atoms with E-state index >= 15 is 0 Å². The van der Waals surface area contributed by atoms with Gasteiger partial charge >= 0.3 is 0 Å². The molecule has 3 unspecified atom stereocenters. The molecular weight excluding hydrogens is 319 g/mol. The van der Waals surface area contributed by atoms with Crippen LogP contribution in [-0.2, 0) is 4.79 Å². The van der Waals surface area contributed by atoms with Gasteiger partial charge in [0.2, 0.25) is 5.91 Å². The molecule has 1 aromatic rings. The Kier molecular flexibility index (Phi) is 4.02. The molecule has 0 aromatic heterocycles. The predicted octanol–water partition coefficient (Wildman–Crippen LogP) is 4.53. The quantitative estimate of drug-likeness (QED) is 0.798. The van der Waals surface area contributed by atoms with Crippen molar-refractivity contribution in [3.63, 3.8) is 0 Å². The number of benzene rings is 1. The van der Waals surface area contributed by atoms with Crippen molar-refractivity contribution in [3.8, 4) is 0 Å². The van der Waals surface area contributed by atoms with Crippen LogP contribution in [-0.4, -0.2) is 5.91 Å². The maximum atomic E-state index is 12.2. The molecule has 1 amide bonds. The molecule has 20 heavy (non-hydrogen) atoms. The first-order valence-electron chi connectivity index (χ1n) is 6.75. The summed E-state index contributed by atoms with van der Waals surface area (Å²) in [5, 5.41) is 1.23. The lowest BCUT2D eigenvalue weighted by Gasteiger charge is -2.21. The van der Waals surface area contributed by atoms with Crippen LogP contribution in [0.3, 0.4) is 0 Å². The third-order valence-electron chi connectivity index (χ3n) is 4.39. The summed E-state index contributed by atoms with van der Waals surface area (Å²) in [7, 11) is 0. The lowest BCUT2D eigenvalue weighted by molar-refractivity contribution is -0.126. The van der Waals surface area contributed by atoms with Crippen LogP contribution < -0.4 is 10.9 Å². The minimum Gasteiger partial charge on any atom is -0.296 e. The van der Waals surface area contributed by atoms with Gasteiger partial charge in [0.05, 0.1) is 15.7 Å². The molecule has 3 atom stereocenters. The number of anilines is 1. The van der Waals surface area contributed by atoms with Gasteiger partial charge in [0, 0.05) is 10.9 Å². The van der Waals surface area contributed by atoms with E-state index in [1.165, 1.54) is 19.3 Å². The molecule has 0 heterocycles. The molecule has 3 nitrogen and oxygen atoms in total. The second kappa shape index (κ2) is 5.63. The number of hydrogen-bond donors (Lipinski definition) is 2. The molecule has 1 aromatic carbocycles. The van der Waals surface area contributed by atoms with Gasteiger partial charge in [0.1, 0.15) is 0 Å². The predicted molar refractivity (Wildman–Crippen MR) is 82.2 cm³/mol. The van der Waals surface area contributed by atoms with Crippen LogP contribution in [0.5, 0.6) is 0 Å². The number of carbonyl (C=O) groups excluding carboxylic acids is 1. The van der Waals surface area contributed by atoms with Crippen LogP contribution in [0.15, 0.2) is 12.1 Å². The first-order valence-corrected chi connectivity index (χ1v) is 7.88. The van der Waals surface area contributed by atoms with Crippen LogP contribution in [0.1, 0.15) is 25.7 Å². The maximum Gasteiger partial charge on any atom is 0.241 e. The van der Waals surface area contributed by atoms with Crippen LogP contribution in [0.4, 0.5) is 5.69 Å². The van der Waals surface area contributed by atoms with E-state index in [0.717, 1.165) is 12.3 Å². The molecular formula is C14H15Cl3N2O. The standard InChI is InChI=1S/C14H15Cl3N2O/c15-9-5-11(16)13(12(17)6-9)18-19-14(20)10-4-7-1-2-8(10)3-7/h5-8,10,18H,1-4H2,(H,19,20). The highest BCUT2D eigenvalue weighted by Gasteiger charge is 2.43. The number of carbonyl (C=O) groups is 1. The molecule has 2 saturated carbocycles. The highest BCUT2D eigenvalue weighted by atomic mass is 35.5. The molecule has 108 valence electrons. The Labute approximate surface area is 132 Å². The Morgan fingerprint density at radius 1 is 1.10 bits per heavy atom. The number of hydrogen-bond acceptors (Lipinski definition) is 2. The zero-order valence-electron chi connectivity index (χ0n) is 10.8. The molecule has 2 bridgehead atoms.